The summed E-state index contributed by atoms with van der Waals surface area (Å²) in [6, 6.07) is 19.8. The van der Waals surface area contributed by atoms with Crippen LogP contribution in [0.25, 0.3) is 0 Å². The van der Waals surface area contributed by atoms with Crippen molar-refractivity contribution in [2.45, 2.75) is 71.0 Å². The standard InChI is InChI=1S/C31H38ClN3O4S/c1-7-25-10-8-9-11-28(25)35(40(38,39)27-18-12-22(2)13-19-27)21-29(36)34(20-24-14-16-26(32)17-15-24)23(3)30(37)33-31(4,5)6/h8-19,23H,7,20-21H2,1-6H3,(H,33,37)/t23-/m0/s1. The van der Waals surface area contributed by atoms with Crippen LogP contribution < -0.4 is 9.62 Å². The Morgan fingerprint density at radius 3 is 2.12 bits per heavy atom. The van der Waals surface area contributed by atoms with Crippen LogP contribution in [0.3, 0.4) is 0 Å². The zero-order valence-corrected chi connectivity index (χ0v) is 25.5. The Balaban J connectivity index is 2.07. The Morgan fingerprint density at radius 2 is 1.55 bits per heavy atom. The van der Waals surface area contributed by atoms with Crippen molar-refractivity contribution in [1.29, 1.82) is 0 Å². The van der Waals surface area contributed by atoms with Gasteiger partial charge in [0.15, 0.2) is 0 Å². The molecule has 2 amide bonds. The molecule has 0 heterocycles. The first-order valence-corrected chi connectivity index (χ1v) is 15.1. The molecule has 0 aliphatic carbocycles. The third kappa shape index (κ3) is 7.86. The van der Waals surface area contributed by atoms with Gasteiger partial charge in [-0.25, -0.2) is 8.42 Å². The Morgan fingerprint density at radius 1 is 0.950 bits per heavy atom. The van der Waals surface area contributed by atoms with E-state index >= 15 is 0 Å². The van der Waals surface area contributed by atoms with Gasteiger partial charge in [0.1, 0.15) is 12.6 Å². The monoisotopic (exact) mass is 583 g/mol. The summed E-state index contributed by atoms with van der Waals surface area (Å²) < 4.78 is 29.2. The number of para-hydroxylation sites is 1. The second kappa shape index (κ2) is 12.9. The number of benzene rings is 3. The highest BCUT2D eigenvalue weighted by Gasteiger charge is 2.34. The Labute approximate surface area is 243 Å². The minimum Gasteiger partial charge on any atom is -0.350 e. The molecule has 0 spiro atoms. The van der Waals surface area contributed by atoms with Crippen molar-refractivity contribution in [1.82, 2.24) is 10.2 Å². The van der Waals surface area contributed by atoms with E-state index in [1.165, 1.54) is 4.90 Å². The predicted octanol–water partition coefficient (Wildman–Crippen LogP) is 5.74. The molecular formula is C31H38ClN3O4S. The molecule has 40 heavy (non-hydrogen) atoms. The second-order valence-electron chi connectivity index (χ2n) is 10.9. The first-order chi connectivity index (χ1) is 18.7. The lowest BCUT2D eigenvalue weighted by Crippen LogP contribution is -2.54. The number of rotatable bonds is 10. The minimum absolute atomic E-state index is 0.0829. The third-order valence-electron chi connectivity index (χ3n) is 6.46. The summed E-state index contributed by atoms with van der Waals surface area (Å²) in [7, 11) is -4.12. The van der Waals surface area contributed by atoms with E-state index in [0.717, 1.165) is 21.0 Å². The van der Waals surface area contributed by atoms with Crippen molar-refractivity contribution in [3.05, 3.63) is 94.5 Å². The molecule has 0 radical (unpaired) electrons. The first kappa shape index (κ1) is 31.2. The van der Waals surface area contributed by atoms with Gasteiger partial charge in [-0.1, -0.05) is 66.6 Å². The van der Waals surface area contributed by atoms with Crippen LogP contribution in [-0.4, -0.2) is 43.3 Å². The fraction of sp³-hybridized carbons (Fsp3) is 0.355. The van der Waals surface area contributed by atoms with Crippen molar-refractivity contribution in [3.8, 4) is 0 Å². The van der Waals surface area contributed by atoms with Crippen LogP contribution in [-0.2, 0) is 32.6 Å². The van der Waals surface area contributed by atoms with Gasteiger partial charge < -0.3 is 10.2 Å². The number of sulfonamides is 1. The minimum atomic E-state index is -4.12. The molecule has 0 aliphatic heterocycles. The Bertz CT molecular complexity index is 1430. The van der Waals surface area contributed by atoms with Gasteiger partial charge in [0.2, 0.25) is 11.8 Å². The average Bonchev–Trinajstić information content (AvgIpc) is 2.90. The molecule has 0 bridgehead atoms. The molecule has 0 aliphatic rings. The van der Waals surface area contributed by atoms with Crippen LogP contribution >= 0.6 is 11.6 Å². The van der Waals surface area contributed by atoms with Gasteiger partial charge in [-0.15, -0.1) is 0 Å². The number of aryl methyl sites for hydroxylation is 2. The molecular weight excluding hydrogens is 546 g/mol. The van der Waals surface area contributed by atoms with Crippen LogP contribution in [0, 0.1) is 6.92 Å². The normalized spacial score (nSPS) is 12.5. The summed E-state index contributed by atoms with van der Waals surface area (Å²) in [6.07, 6.45) is 0.573. The lowest BCUT2D eigenvalue weighted by Gasteiger charge is -2.34. The number of hydrogen-bond acceptors (Lipinski definition) is 4. The molecule has 0 aromatic heterocycles. The molecule has 214 valence electrons. The van der Waals surface area contributed by atoms with E-state index < -0.39 is 34.1 Å². The largest absolute Gasteiger partial charge is 0.350 e. The van der Waals surface area contributed by atoms with Crippen molar-refractivity contribution in [3.63, 3.8) is 0 Å². The van der Waals surface area contributed by atoms with E-state index in [-0.39, 0.29) is 17.3 Å². The molecule has 1 N–H and O–H groups in total. The number of nitrogens with zero attached hydrogens (tertiary/aromatic N) is 2. The lowest BCUT2D eigenvalue weighted by atomic mass is 10.1. The SMILES string of the molecule is CCc1ccccc1N(CC(=O)N(Cc1ccc(Cl)cc1)[C@@H](C)C(=O)NC(C)(C)C)S(=O)(=O)c1ccc(C)cc1. The topological polar surface area (TPSA) is 86.8 Å². The lowest BCUT2D eigenvalue weighted by molar-refractivity contribution is -0.140. The summed E-state index contributed by atoms with van der Waals surface area (Å²) in [5.41, 5.74) is 2.38. The number of hydrogen-bond donors (Lipinski definition) is 1. The molecule has 0 unspecified atom stereocenters. The number of carbonyl (C=O) groups is 2. The maximum Gasteiger partial charge on any atom is 0.264 e. The van der Waals surface area contributed by atoms with E-state index in [1.807, 2.05) is 46.8 Å². The quantitative estimate of drug-likeness (QED) is 0.330. The van der Waals surface area contributed by atoms with Crippen LogP contribution in [0.15, 0.2) is 77.7 Å². The highest BCUT2D eigenvalue weighted by molar-refractivity contribution is 7.92. The number of halogens is 1. The van der Waals surface area contributed by atoms with Crippen LogP contribution in [0.1, 0.15) is 51.3 Å². The predicted molar refractivity (Wildman–Crippen MR) is 161 cm³/mol. The highest BCUT2D eigenvalue weighted by atomic mass is 35.5. The molecule has 3 aromatic rings. The molecule has 0 saturated carbocycles. The maximum atomic E-state index is 14.1. The molecule has 9 heteroatoms. The Hall–Kier alpha value is -3.36. The molecule has 0 fully saturated rings. The number of nitrogens with one attached hydrogen (secondary N) is 1. The summed E-state index contributed by atoms with van der Waals surface area (Å²) in [5.74, 6) is -0.843. The fourth-order valence-corrected chi connectivity index (χ4v) is 5.83. The highest BCUT2D eigenvalue weighted by Crippen LogP contribution is 2.28. The first-order valence-electron chi connectivity index (χ1n) is 13.3. The summed E-state index contributed by atoms with van der Waals surface area (Å²) in [6.45, 7) is 10.7. The maximum absolute atomic E-state index is 14.1. The van der Waals surface area contributed by atoms with Crippen LogP contribution in [0.5, 0.6) is 0 Å². The van der Waals surface area contributed by atoms with E-state index in [1.54, 1.807) is 67.6 Å². The number of carbonyl (C=O) groups excluding carboxylic acids is 2. The molecule has 0 saturated heterocycles. The molecule has 1 atom stereocenters. The number of anilines is 1. The smallest absolute Gasteiger partial charge is 0.264 e. The molecule has 3 aromatic carbocycles. The van der Waals surface area contributed by atoms with E-state index in [2.05, 4.69) is 5.32 Å². The van der Waals surface area contributed by atoms with E-state index in [9.17, 15) is 18.0 Å². The summed E-state index contributed by atoms with van der Waals surface area (Å²) in [5, 5.41) is 3.48. The van der Waals surface area contributed by atoms with Gasteiger partial charge in [0.25, 0.3) is 10.0 Å². The van der Waals surface area contributed by atoms with Crippen LogP contribution in [0.4, 0.5) is 5.69 Å². The van der Waals surface area contributed by atoms with Gasteiger partial charge in [0.05, 0.1) is 10.6 Å². The van der Waals surface area contributed by atoms with Gasteiger partial charge in [0, 0.05) is 17.1 Å². The van der Waals surface area contributed by atoms with E-state index in [4.69, 9.17) is 11.6 Å². The van der Waals surface area contributed by atoms with Gasteiger partial charge >= 0.3 is 0 Å². The van der Waals surface area contributed by atoms with Gasteiger partial charge in [-0.2, -0.15) is 0 Å². The molecule has 7 nitrogen and oxygen atoms in total. The van der Waals surface area contributed by atoms with Crippen molar-refractivity contribution in [2.75, 3.05) is 10.8 Å². The Kier molecular flexibility index (Phi) is 10.0. The van der Waals surface area contributed by atoms with Gasteiger partial charge in [-0.3, -0.25) is 13.9 Å². The molecule has 3 rings (SSSR count). The van der Waals surface area contributed by atoms with Gasteiger partial charge in [-0.05, 0) is 82.5 Å². The zero-order valence-electron chi connectivity index (χ0n) is 23.9. The fourth-order valence-electron chi connectivity index (χ4n) is 4.25. The zero-order chi connectivity index (χ0) is 29.7. The third-order valence-corrected chi connectivity index (χ3v) is 8.49. The van der Waals surface area contributed by atoms with Crippen molar-refractivity contribution in [2.24, 2.45) is 0 Å². The van der Waals surface area contributed by atoms with E-state index in [0.29, 0.717) is 17.1 Å². The van der Waals surface area contributed by atoms with Crippen molar-refractivity contribution < 1.29 is 18.0 Å². The number of amides is 2. The second-order valence-corrected chi connectivity index (χ2v) is 13.2. The summed E-state index contributed by atoms with van der Waals surface area (Å²) in [4.78, 5) is 28.7. The van der Waals surface area contributed by atoms with Crippen molar-refractivity contribution >= 4 is 39.1 Å². The van der Waals surface area contributed by atoms with Crippen LogP contribution in [0.2, 0.25) is 5.02 Å². The summed E-state index contributed by atoms with van der Waals surface area (Å²) >= 11 is 6.06. The average molecular weight is 584 g/mol.